The van der Waals surface area contributed by atoms with Crippen molar-refractivity contribution in [1.29, 1.82) is 0 Å². The van der Waals surface area contributed by atoms with Crippen molar-refractivity contribution in [3.8, 4) is 0 Å². The number of benzene rings is 1. The first-order valence-corrected chi connectivity index (χ1v) is 3.89. The van der Waals surface area contributed by atoms with E-state index in [9.17, 15) is 4.79 Å². The van der Waals surface area contributed by atoms with E-state index in [1.807, 2.05) is 18.2 Å². The summed E-state index contributed by atoms with van der Waals surface area (Å²) in [6.45, 7) is 0. The minimum atomic E-state index is 0.720. The van der Waals surface area contributed by atoms with Crippen molar-refractivity contribution in [2.45, 2.75) is 6.42 Å². The molecule has 2 nitrogen and oxygen atoms in total. The maximum Gasteiger partial charge on any atom is 0.211 e. The average Bonchev–Trinajstić information content (AvgIpc) is 2.47. The molecule has 12 heavy (non-hydrogen) atoms. The summed E-state index contributed by atoms with van der Waals surface area (Å²) >= 11 is 0. The minimum absolute atomic E-state index is 0.720. The summed E-state index contributed by atoms with van der Waals surface area (Å²) in [5.41, 5.74) is 3.47. The predicted octanol–water partition coefficient (Wildman–Crippen LogP) is 1.33. The molecule has 1 aliphatic carbocycles. The van der Waals surface area contributed by atoms with E-state index in [-0.39, 0.29) is 0 Å². The smallest absolute Gasteiger partial charge is 0.211 e. The van der Waals surface area contributed by atoms with Gasteiger partial charge in [-0.25, -0.2) is 0 Å². The molecule has 0 aromatic heterocycles. The maximum atomic E-state index is 10.2. The van der Waals surface area contributed by atoms with Crippen LogP contribution in [-0.4, -0.2) is 6.41 Å². The van der Waals surface area contributed by atoms with Gasteiger partial charge in [-0.3, -0.25) is 4.79 Å². The zero-order valence-electron chi connectivity index (χ0n) is 6.58. The van der Waals surface area contributed by atoms with Crippen molar-refractivity contribution in [1.82, 2.24) is 5.32 Å². The second-order valence-corrected chi connectivity index (χ2v) is 2.81. The van der Waals surface area contributed by atoms with Gasteiger partial charge >= 0.3 is 0 Å². The Bertz CT molecular complexity index is 341. The molecule has 60 valence electrons. The van der Waals surface area contributed by atoms with Crippen molar-refractivity contribution >= 4 is 12.5 Å². The van der Waals surface area contributed by atoms with Crippen molar-refractivity contribution < 1.29 is 4.79 Å². The number of allylic oxidation sites excluding steroid dienone is 1. The molecule has 0 aliphatic heterocycles. The predicted molar refractivity (Wildman–Crippen MR) is 47.3 cm³/mol. The molecule has 1 aromatic rings. The fourth-order valence-corrected chi connectivity index (χ4v) is 1.45. The highest BCUT2D eigenvalue weighted by Gasteiger charge is 2.09. The number of fused-ring (bicyclic) bond motifs is 1. The van der Waals surface area contributed by atoms with Gasteiger partial charge in [-0.15, -0.1) is 0 Å². The van der Waals surface area contributed by atoms with Crippen LogP contribution in [0.4, 0.5) is 0 Å². The summed E-state index contributed by atoms with van der Waals surface area (Å²) in [7, 11) is 0. The number of nitrogens with one attached hydrogen (secondary N) is 1. The molecule has 0 spiro atoms. The summed E-state index contributed by atoms with van der Waals surface area (Å²) in [6, 6.07) is 8.13. The van der Waals surface area contributed by atoms with E-state index in [0.717, 1.165) is 18.5 Å². The molecule has 0 unspecified atom stereocenters. The van der Waals surface area contributed by atoms with Crippen LogP contribution in [0.15, 0.2) is 30.0 Å². The van der Waals surface area contributed by atoms with Crippen LogP contribution in [0.5, 0.6) is 0 Å². The summed E-state index contributed by atoms with van der Waals surface area (Å²) in [5.74, 6) is 0. The molecule has 1 N–H and O–H groups in total. The van der Waals surface area contributed by atoms with E-state index in [1.165, 1.54) is 11.1 Å². The highest BCUT2D eigenvalue weighted by atomic mass is 16.1. The van der Waals surface area contributed by atoms with Crippen molar-refractivity contribution in [2.24, 2.45) is 0 Å². The summed E-state index contributed by atoms with van der Waals surface area (Å²) in [6.07, 6.45) is 3.57. The molecule has 0 radical (unpaired) electrons. The van der Waals surface area contributed by atoms with E-state index < -0.39 is 0 Å². The molecule has 1 aromatic carbocycles. The molecule has 0 fully saturated rings. The first-order valence-electron chi connectivity index (χ1n) is 3.89. The first-order chi connectivity index (χ1) is 5.90. The third-order valence-electron chi connectivity index (χ3n) is 2.01. The van der Waals surface area contributed by atoms with E-state index >= 15 is 0 Å². The van der Waals surface area contributed by atoms with Gasteiger partial charge in [-0.05, 0) is 17.2 Å². The minimum Gasteiger partial charge on any atom is -0.332 e. The lowest BCUT2D eigenvalue weighted by Gasteiger charge is -1.96. The Morgan fingerprint density at radius 2 is 2.17 bits per heavy atom. The molecule has 0 saturated carbocycles. The van der Waals surface area contributed by atoms with Gasteiger partial charge in [0.1, 0.15) is 0 Å². The second-order valence-electron chi connectivity index (χ2n) is 2.81. The van der Waals surface area contributed by atoms with Crippen molar-refractivity contribution in [3.63, 3.8) is 0 Å². The quantitative estimate of drug-likeness (QED) is 0.648. The van der Waals surface area contributed by atoms with Crippen molar-refractivity contribution in [2.75, 3.05) is 0 Å². The van der Waals surface area contributed by atoms with E-state index in [1.54, 1.807) is 0 Å². The Morgan fingerprint density at radius 3 is 2.92 bits per heavy atom. The van der Waals surface area contributed by atoms with E-state index in [0.29, 0.717) is 0 Å². The molecule has 0 bridgehead atoms. The summed E-state index contributed by atoms with van der Waals surface area (Å²) < 4.78 is 0. The summed E-state index contributed by atoms with van der Waals surface area (Å²) in [5, 5.41) is 2.67. The molecule has 1 aliphatic rings. The van der Waals surface area contributed by atoms with Crippen LogP contribution in [0, 0.1) is 0 Å². The third kappa shape index (κ3) is 1.11. The number of rotatable bonds is 2. The molecule has 0 heterocycles. The number of hydrogen-bond donors (Lipinski definition) is 1. The Hall–Kier alpha value is -1.57. The lowest BCUT2D eigenvalue weighted by Crippen LogP contribution is -2.09. The average molecular weight is 159 g/mol. The van der Waals surface area contributed by atoms with E-state index in [4.69, 9.17) is 0 Å². The SMILES string of the molecule is O=CNC1=Cc2ccccc2C1. The molecule has 1 amide bonds. The van der Waals surface area contributed by atoms with Gasteiger partial charge in [0.15, 0.2) is 0 Å². The second kappa shape index (κ2) is 2.81. The fraction of sp³-hybridized carbons (Fsp3) is 0.100. The molecular weight excluding hydrogens is 150 g/mol. The number of carbonyl (C=O) groups is 1. The molecule has 2 rings (SSSR count). The highest BCUT2D eigenvalue weighted by Crippen LogP contribution is 2.22. The summed E-state index contributed by atoms with van der Waals surface area (Å²) in [4.78, 5) is 10.2. The molecule has 2 heteroatoms. The van der Waals surface area contributed by atoms with Gasteiger partial charge in [-0.1, -0.05) is 24.3 Å². The highest BCUT2D eigenvalue weighted by molar-refractivity contribution is 5.66. The standard InChI is InChI=1S/C10H9NO/c12-7-11-10-5-8-3-1-2-4-9(8)6-10/h1-5,7H,6H2,(H,11,12). The van der Waals surface area contributed by atoms with Crippen molar-refractivity contribution in [3.05, 3.63) is 41.1 Å². The molecule has 0 atom stereocenters. The van der Waals surface area contributed by atoms with Gasteiger partial charge in [0, 0.05) is 12.1 Å². The number of carbonyl (C=O) groups excluding carboxylic acids is 1. The van der Waals surface area contributed by atoms with Crippen LogP contribution in [0.25, 0.3) is 6.08 Å². The molecule has 0 saturated heterocycles. The van der Waals surface area contributed by atoms with Crippen LogP contribution in [0.1, 0.15) is 11.1 Å². The van der Waals surface area contributed by atoms with Crippen LogP contribution in [0.3, 0.4) is 0 Å². The van der Waals surface area contributed by atoms with Crippen LogP contribution in [0.2, 0.25) is 0 Å². The maximum absolute atomic E-state index is 10.2. The Kier molecular flexibility index (Phi) is 1.67. The van der Waals surface area contributed by atoms with Gasteiger partial charge in [0.05, 0.1) is 0 Å². The number of amides is 1. The number of hydrogen-bond acceptors (Lipinski definition) is 1. The van der Waals surface area contributed by atoms with Gasteiger partial charge in [0.2, 0.25) is 6.41 Å². The largest absolute Gasteiger partial charge is 0.332 e. The monoisotopic (exact) mass is 159 g/mol. The normalized spacial score (nSPS) is 13.5. The Morgan fingerprint density at radius 1 is 1.33 bits per heavy atom. The lowest BCUT2D eigenvalue weighted by atomic mass is 10.1. The van der Waals surface area contributed by atoms with E-state index in [2.05, 4.69) is 17.4 Å². The topological polar surface area (TPSA) is 29.1 Å². The van der Waals surface area contributed by atoms with Gasteiger partial charge in [-0.2, -0.15) is 0 Å². The zero-order valence-corrected chi connectivity index (χ0v) is 6.58. The van der Waals surface area contributed by atoms with Crippen LogP contribution >= 0.6 is 0 Å². The Balaban J connectivity index is 2.28. The Labute approximate surface area is 70.9 Å². The lowest BCUT2D eigenvalue weighted by molar-refractivity contribution is -0.108. The fourth-order valence-electron chi connectivity index (χ4n) is 1.45. The zero-order chi connectivity index (χ0) is 8.39. The van der Waals surface area contributed by atoms with Gasteiger partial charge < -0.3 is 5.32 Å². The third-order valence-corrected chi connectivity index (χ3v) is 2.01. The van der Waals surface area contributed by atoms with Gasteiger partial charge in [0.25, 0.3) is 0 Å². The molecular formula is C10H9NO. The van der Waals surface area contributed by atoms with Crippen LogP contribution < -0.4 is 5.32 Å². The van der Waals surface area contributed by atoms with Crippen LogP contribution in [-0.2, 0) is 11.2 Å². The first kappa shape index (κ1) is 7.10.